The Kier molecular flexibility index (Phi) is 3.14. The zero-order chi connectivity index (χ0) is 8.10. The van der Waals surface area contributed by atoms with E-state index >= 15 is 0 Å². The Morgan fingerprint density at radius 1 is 1.64 bits per heavy atom. The minimum atomic E-state index is 0.996. The van der Waals surface area contributed by atoms with Crippen molar-refractivity contribution in [3.05, 3.63) is 11.8 Å². The molecule has 62 valence electrons. The SMILES string of the molecule is C/C(=C/C=N)NCCC1CC1. The van der Waals surface area contributed by atoms with Gasteiger partial charge in [-0.1, -0.05) is 12.8 Å². The molecule has 1 aliphatic carbocycles. The molecule has 0 saturated heterocycles. The summed E-state index contributed by atoms with van der Waals surface area (Å²) in [6, 6.07) is 0. The van der Waals surface area contributed by atoms with Crippen molar-refractivity contribution in [3.63, 3.8) is 0 Å². The standard InChI is InChI=1S/C9H16N2/c1-8(4-6-10)11-7-5-9-2-3-9/h4,6,9-11H,2-3,5,7H2,1H3/b8-4-,10-6?. The molecule has 0 heterocycles. The number of rotatable bonds is 5. The van der Waals surface area contributed by atoms with Crippen LogP contribution in [0.25, 0.3) is 0 Å². The molecule has 0 aliphatic heterocycles. The van der Waals surface area contributed by atoms with Gasteiger partial charge in [-0.25, -0.2) is 0 Å². The van der Waals surface area contributed by atoms with Gasteiger partial charge in [0.2, 0.25) is 0 Å². The molecule has 2 nitrogen and oxygen atoms in total. The molecule has 0 aromatic heterocycles. The zero-order valence-corrected chi connectivity index (χ0v) is 7.06. The van der Waals surface area contributed by atoms with E-state index in [1.54, 1.807) is 6.08 Å². The van der Waals surface area contributed by atoms with Gasteiger partial charge in [-0.3, -0.25) is 0 Å². The van der Waals surface area contributed by atoms with Gasteiger partial charge in [0.15, 0.2) is 0 Å². The molecule has 0 aromatic rings. The molecule has 0 radical (unpaired) electrons. The highest BCUT2D eigenvalue weighted by Crippen LogP contribution is 2.31. The molecule has 1 rings (SSSR count). The number of allylic oxidation sites excluding steroid dienone is 2. The normalized spacial score (nSPS) is 18.1. The largest absolute Gasteiger partial charge is 0.389 e. The van der Waals surface area contributed by atoms with Gasteiger partial charge in [0.05, 0.1) is 0 Å². The van der Waals surface area contributed by atoms with Crippen LogP contribution in [0.3, 0.4) is 0 Å². The van der Waals surface area contributed by atoms with Crippen LogP contribution in [0.2, 0.25) is 0 Å². The van der Waals surface area contributed by atoms with Crippen molar-refractivity contribution >= 4 is 6.21 Å². The maximum Gasteiger partial charge on any atom is 0.0194 e. The Morgan fingerprint density at radius 3 is 2.91 bits per heavy atom. The van der Waals surface area contributed by atoms with Gasteiger partial charge in [-0.05, 0) is 25.3 Å². The lowest BCUT2D eigenvalue weighted by Crippen LogP contribution is -2.13. The lowest BCUT2D eigenvalue weighted by atomic mass is 10.3. The first-order valence-corrected chi connectivity index (χ1v) is 4.24. The molecular weight excluding hydrogens is 136 g/mol. The summed E-state index contributed by atoms with van der Waals surface area (Å²) in [7, 11) is 0. The highest BCUT2D eigenvalue weighted by molar-refractivity contribution is 5.68. The highest BCUT2D eigenvalue weighted by atomic mass is 14.9. The molecule has 2 heteroatoms. The van der Waals surface area contributed by atoms with E-state index < -0.39 is 0 Å². The van der Waals surface area contributed by atoms with E-state index in [9.17, 15) is 0 Å². The van der Waals surface area contributed by atoms with Gasteiger partial charge < -0.3 is 10.7 Å². The van der Waals surface area contributed by atoms with E-state index in [1.807, 2.05) is 6.92 Å². The summed E-state index contributed by atoms with van der Waals surface area (Å²) in [5.74, 6) is 0.996. The third-order valence-corrected chi connectivity index (χ3v) is 1.99. The molecule has 0 aromatic carbocycles. The van der Waals surface area contributed by atoms with Crippen LogP contribution in [-0.2, 0) is 0 Å². The Hall–Kier alpha value is -0.790. The molecule has 11 heavy (non-hydrogen) atoms. The Morgan fingerprint density at radius 2 is 2.36 bits per heavy atom. The predicted molar refractivity (Wildman–Crippen MR) is 47.9 cm³/mol. The minimum absolute atomic E-state index is 0.996. The van der Waals surface area contributed by atoms with Crippen LogP contribution in [0.15, 0.2) is 11.8 Å². The van der Waals surface area contributed by atoms with Crippen molar-refractivity contribution in [1.82, 2.24) is 5.32 Å². The number of nitrogens with one attached hydrogen (secondary N) is 2. The first-order chi connectivity index (χ1) is 5.33. The molecule has 1 saturated carbocycles. The van der Waals surface area contributed by atoms with E-state index in [1.165, 1.54) is 25.5 Å². The molecule has 0 atom stereocenters. The summed E-state index contributed by atoms with van der Waals surface area (Å²) in [5, 5.41) is 10.1. The number of hydrogen-bond donors (Lipinski definition) is 2. The molecule has 0 amide bonds. The van der Waals surface area contributed by atoms with E-state index in [-0.39, 0.29) is 0 Å². The fourth-order valence-electron chi connectivity index (χ4n) is 1.06. The maximum absolute atomic E-state index is 6.82. The molecule has 2 N–H and O–H groups in total. The van der Waals surface area contributed by atoms with E-state index in [2.05, 4.69) is 5.32 Å². The Balaban J connectivity index is 2.00. The third-order valence-electron chi connectivity index (χ3n) is 1.99. The average Bonchev–Trinajstić information content (AvgIpc) is 2.72. The summed E-state index contributed by atoms with van der Waals surface area (Å²) >= 11 is 0. The van der Waals surface area contributed by atoms with Gasteiger partial charge >= 0.3 is 0 Å². The van der Waals surface area contributed by atoms with Crippen molar-refractivity contribution in [2.24, 2.45) is 5.92 Å². The first kappa shape index (κ1) is 8.31. The monoisotopic (exact) mass is 152 g/mol. The smallest absolute Gasteiger partial charge is 0.0194 e. The maximum atomic E-state index is 6.82. The van der Waals surface area contributed by atoms with Crippen molar-refractivity contribution in [2.45, 2.75) is 26.2 Å². The van der Waals surface area contributed by atoms with Crippen molar-refractivity contribution in [3.8, 4) is 0 Å². The summed E-state index contributed by atoms with van der Waals surface area (Å²) in [4.78, 5) is 0. The first-order valence-electron chi connectivity index (χ1n) is 4.24. The minimum Gasteiger partial charge on any atom is -0.389 e. The topological polar surface area (TPSA) is 35.9 Å². The fourth-order valence-corrected chi connectivity index (χ4v) is 1.06. The van der Waals surface area contributed by atoms with Crippen molar-refractivity contribution < 1.29 is 0 Å². The van der Waals surface area contributed by atoms with Crippen molar-refractivity contribution in [1.29, 1.82) is 5.41 Å². The summed E-state index contributed by atoms with van der Waals surface area (Å²) < 4.78 is 0. The van der Waals surface area contributed by atoms with Crippen LogP contribution in [0.5, 0.6) is 0 Å². The van der Waals surface area contributed by atoms with E-state index in [4.69, 9.17) is 5.41 Å². The second kappa shape index (κ2) is 4.16. The third kappa shape index (κ3) is 3.81. The van der Waals surface area contributed by atoms with Gasteiger partial charge in [0, 0.05) is 18.5 Å². The van der Waals surface area contributed by atoms with Crippen LogP contribution in [0.1, 0.15) is 26.2 Å². The van der Waals surface area contributed by atoms with Crippen LogP contribution < -0.4 is 5.32 Å². The zero-order valence-electron chi connectivity index (χ0n) is 7.06. The van der Waals surface area contributed by atoms with E-state index in [0.29, 0.717) is 0 Å². The summed E-state index contributed by atoms with van der Waals surface area (Å²) in [6.07, 6.45) is 7.25. The van der Waals surface area contributed by atoms with Gasteiger partial charge in [0.25, 0.3) is 0 Å². The van der Waals surface area contributed by atoms with Crippen LogP contribution in [0.4, 0.5) is 0 Å². The Bertz CT molecular complexity index is 157. The van der Waals surface area contributed by atoms with Crippen LogP contribution in [-0.4, -0.2) is 12.8 Å². The lowest BCUT2D eigenvalue weighted by Gasteiger charge is -2.03. The molecular formula is C9H16N2. The summed E-state index contributed by atoms with van der Waals surface area (Å²) in [5.41, 5.74) is 1.10. The fraction of sp³-hybridized carbons (Fsp3) is 0.667. The molecule has 0 bridgehead atoms. The van der Waals surface area contributed by atoms with Gasteiger partial charge in [0.1, 0.15) is 0 Å². The van der Waals surface area contributed by atoms with Gasteiger partial charge in [-0.15, -0.1) is 0 Å². The highest BCUT2D eigenvalue weighted by Gasteiger charge is 2.19. The van der Waals surface area contributed by atoms with E-state index in [0.717, 1.165) is 18.2 Å². The molecule has 0 unspecified atom stereocenters. The Labute approximate surface area is 68.2 Å². The average molecular weight is 152 g/mol. The number of hydrogen-bond acceptors (Lipinski definition) is 2. The lowest BCUT2D eigenvalue weighted by molar-refractivity contribution is 0.667. The summed E-state index contributed by atoms with van der Waals surface area (Å²) in [6.45, 7) is 3.07. The molecule has 1 fully saturated rings. The second-order valence-corrected chi connectivity index (χ2v) is 3.18. The van der Waals surface area contributed by atoms with Crippen LogP contribution in [0, 0.1) is 11.3 Å². The predicted octanol–water partition coefficient (Wildman–Crippen LogP) is 1.93. The molecule has 1 aliphatic rings. The second-order valence-electron chi connectivity index (χ2n) is 3.18. The van der Waals surface area contributed by atoms with Crippen LogP contribution >= 0.6 is 0 Å². The van der Waals surface area contributed by atoms with Crippen molar-refractivity contribution in [2.75, 3.05) is 6.54 Å². The molecule has 0 spiro atoms. The van der Waals surface area contributed by atoms with Gasteiger partial charge in [-0.2, -0.15) is 0 Å². The quantitative estimate of drug-likeness (QED) is 0.580.